The number of rotatable bonds is 4. The summed E-state index contributed by atoms with van der Waals surface area (Å²) in [5, 5.41) is 0. The molecule has 3 rings (SSSR count). The number of amides is 1. The van der Waals surface area contributed by atoms with Crippen molar-refractivity contribution in [1.29, 1.82) is 0 Å². The van der Waals surface area contributed by atoms with Gasteiger partial charge in [0, 0.05) is 12.2 Å². The molecule has 0 saturated carbocycles. The SMILES string of the molecule is O=C1[C@@H](NS(=O)(=O)c2cc(F)ccc2F)CCN1c1ccc(F)cc1. The Hall–Kier alpha value is -2.39. The number of halogens is 3. The van der Waals surface area contributed by atoms with E-state index in [1.54, 1.807) is 0 Å². The van der Waals surface area contributed by atoms with Gasteiger partial charge in [-0.3, -0.25) is 4.79 Å². The van der Waals surface area contributed by atoms with Crippen LogP contribution in [0.5, 0.6) is 0 Å². The highest BCUT2D eigenvalue weighted by Crippen LogP contribution is 2.24. The molecule has 25 heavy (non-hydrogen) atoms. The first-order chi connectivity index (χ1) is 11.8. The molecule has 1 amide bonds. The Bertz CT molecular complexity index is 917. The second-order valence-corrected chi connectivity index (χ2v) is 7.19. The molecule has 2 aromatic rings. The summed E-state index contributed by atoms with van der Waals surface area (Å²) in [6, 6.07) is 6.10. The van der Waals surface area contributed by atoms with Gasteiger partial charge in [0.2, 0.25) is 15.9 Å². The van der Waals surface area contributed by atoms with Gasteiger partial charge in [0.05, 0.1) is 0 Å². The van der Waals surface area contributed by atoms with Gasteiger partial charge in [0.15, 0.2) is 0 Å². The minimum absolute atomic E-state index is 0.145. The Balaban J connectivity index is 1.80. The summed E-state index contributed by atoms with van der Waals surface area (Å²) in [6.45, 7) is 0.212. The van der Waals surface area contributed by atoms with Crippen molar-refractivity contribution in [2.75, 3.05) is 11.4 Å². The van der Waals surface area contributed by atoms with Gasteiger partial charge >= 0.3 is 0 Å². The number of benzene rings is 2. The summed E-state index contributed by atoms with van der Waals surface area (Å²) < 4.78 is 66.5. The van der Waals surface area contributed by atoms with Crippen LogP contribution in [-0.2, 0) is 14.8 Å². The molecule has 0 unspecified atom stereocenters. The maximum Gasteiger partial charge on any atom is 0.245 e. The number of nitrogens with one attached hydrogen (secondary N) is 1. The maximum absolute atomic E-state index is 13.7. The van der Waals surface area contributed by atoms with Crippen LogP contribution in [-0.4, -0.2) is 26.9 Å². The Morgan fingerprint density at radius 3 is 2.32 bits per heavy atom. The van der Waals surface area contributed by atoms with Crippen molar-refractivity contribution in [3.8, 4) is 0 Å². The average molecular weight is 370 g/mol. The third kappa shape index (κ3) is 3.52. The molecule has 9 heteroatoms. The molecule has 132 valence electrons. The van der Waals surface area contributed by atoms with Crippen LogP contribution in [0.15, 0.2) is 47.4 Å². The van der Waals surface area contributed by atoms with E-state index in [1.165, 1.54) is 29.2 Å². The molecule has 1 atom stereocenters. The zero-order valence-electron chi connectivity index (χ0n) is 12.7. The normalized spacial score (nSPS) is 18.0. The highest BCUT2D eigenvalue weighted by molar-refractivity contribution is 7.89. The minimum Gasteiger partial charge on any atom is -0.311 e. The van der Waals surface area contributed by atoms with Gasteiger partial charge in [-0.1, -0.05) is 0 Å². The highest BCUT2D eigenvalue weighted by Gasteiger charge is 2.36. The number of anilines is 1. The van der Waals surface area contributed by atoms with Crippen LogP contribution < -0.4 is 9.62 Å². The predicted molar refractivity (Wildman–Crippen MR) is 83.8 cm³/mol. The van der Waals surface area contributed by atoms with Crippen LogP contribution in [0.2, 0.25) is 0 Å². The second kappa shape index (κ2) is 6.49. The van der Waals surface area contributed by atoms with Crippen LogP contribution in [0.3, 0.4) is 0 Å². The van der Waals surface area contributed by atoms with Gasteiger partial charge in [0.1, 0.15) is 28.4 Å². The summed E-state index contributed by atoms with van der Waals surface area (Å²) in [5.41, 5.74) is 0.421. The van der Waals surface area contributed by atoms with Crippen molar-refractivity contribution in [3.05, 3.63) is 59.9 Å². The largest absolute Gasteiger partial charge is 0.311 e. The van der Waals surface area contributed by atoms with Crippen molar-refractivity contribution >= 4 is 21.6 Å². The number of sulfonamides is 1. The number of hydrogen-bond acceptors (Lipinski definition) is 3. The smallest absolute Gasteiger partial charge is 0.245 e. The Labute approximate surface area is 142 Å². The van der Waals surface area contributed by atoms with Crippen molar-refractivity contribution < 1.29 is 26.4 Å². The Morgan fingerprint density at radius 1 is 1.00 bits per heavy atom. The number of carbonyl (C=O) groups is 1. The summed E-state index contributed by atoms with van der Waals surface area (Å²) in [5.74, 6) is -3.04. The third-order valence-electron chi connectivity index (χ3n) is 3.82. The maximum atomic E-state index is 13.7. The second-order valence-electron chi connectivity index (χ2n) is 5.50. The summed E-state index contributed by atoms with van der Waals surface area (Å²) >= 11 is 0. The molecule has 0 bridgehead atoms. The first-order valence-corrected chi connectivity index (χ1v) is 8.80. The average Bonchev–Trinajstić information content (AvgIpc) is 2.91. The quantitative estimate of drug-likeness (QED) is 0.897. The van der Waals surface area contributed by atoms with Crippen LogP contribution >= 0.6 is 0 Å². The fourth-order valence-corrected chi connectivity index (χ4v) is 3.91. The predicted octanol–water partition coefficient (Wildman–Crippen LogP) is 2.19. The first kappa shape index (κ1) is 17.4. The Kier molecular flexibility index (Phi) is 4.53. The molecule has 0 aromatic heterocycles. The fourth-order valence-electron chi connectivity index (χ4n) is 2.60. The molecule has 0 spiro atoms. The third-order valence-corrected chi connectivity index (χ3v) is 5.31. The van der Waals surface area contributed by atoms with Crippen LogP contribution in [0, 0.1) is 17.5 Å². The van der Waals surface area contributed by atoms with Gasteiger partial charge in [0.25, 0.3) is 0 Å². The fraction of sp³-hybridized carbons (Fsp3) is 0.188. The molecule has 1 aliphatic heterocycles. The van der Waals surface area contributed by atoms with E-state index in [1.807, 2.05) is 0 Å². The van der Waals surface area contributed by atoms with Gasteiger partial charge < -0.3 is 4.90 Å². The van der Waals surface area contributed by atoms with Crippen molar-refractivity contribution in [3.63, 3.8) is 0 Å². The van der Waals surface area contributed by atoms with E-state index >= 15 is 0 Å². The summed E-state index contributed by atoms with van der Waals surface area (Å²) in [4.78, 5) is 12.8. The zero-order chi connectivity index (χ0) is 18.2. The van der Waals surface area contributed by atoms with E-state index in [0.717, 1.165) is 6.07 Å². The van der Waals surface area contributed by atoms with Crippen molar-refractivity contribution in [1.82, 2.24) is 4.72 Å². The van der Waals surface area contributed by atoms with E-state index in [9.17, 15) is 26.4 Å². The van der Waals surface area contributed by atoms with Crippen molar-refractivity contribution in [2.24, 2.45) is 0 Å². The summed E-state index contributed by atoms with van der Waals surface area (Å²) in [6.07, 6.45) is 0.145. The molecular weight excluding hydrogens is 357 g/mol. The number of nitrogens with zero attached hydrogens (tertiary/aromatic N) is 1. The van der Waals surface area contributed by atoms with Gasteiger partial charge in [-0.25, -0.2) is 21.6 Å². The molecule has 1 aliphatic rings. The molecule has 1 heterocycles. The lowest BCUT2D eigenvalue weighted by atomic mass is 10.3. The lowest BCUT2D eigenvalue weighted by molar-refractivity contribution is -0.118. The van der Waals surface area contributed by atoms with Gasteiger partial charge in [-0.05, 0) is 48.9 Å². The molecule has 0 radical (unpaired) electrons. The molecule has 1 saturated heterocycles. The van der Waals surface area contributed by atoms with E-state index in [0.29, 0.717) is 17.8 Å². The van der Waals surface area contributed by atoms with Crippen molar-refractivity contribution in [2.45, 2.75) is 17.4 Å². The zero-order valence-corrected chi connectivity index (χ0v) is 13.6. The molecule has 5 nitrogen and oxygen atoms in total. The topological polar surface area (TPSA) is 66.5 Å². The summed E-state index contributed by atoms with van der Waals surface area (Å²) in [7, 11) is -4.41. The molecular formula is C16H13F3N2O3S. The Morgan fingerprint density at radius 2 is 1.64 bits per heavy atom. The monoisotopic (exact) mass is 370 g/mol. The highest BCUT2D eigenvalue weighted by atomic mass is 32.2. The first-order valence-electron chi connectivity index (χ1n) is 7.32. The molecule has 2 aromatic carbocycles. The lowest BCUT2D eigenvalue weighted by Gasteiger charge is -2.17. The molecule has 0 aliphatic carbocycles. The number of hydrogen-bond donors (Lipinski definition) is 1. The molecule has 1 N–H and O–H groups in total. The van der Waals surface area contributed by atoms with Crippen LogP contribution in [0.1, 0.15) is 6.42 Å². The lowest BCUT2D eigenvalue weighted by Crippen LogP contribution is -2.41. The van der Waals surface area contributed by atoms with Crippen LogP contribution in [0.25, 0.3) is 0 Å². The van der Waals surface area contributed by atoms with E-state index in [-0.39, 0.29) is 13.0 Å². The van der Waals surface area contributed by atoms with Gasteiger partial charge in [-0.2, -0.15) is 4.72 Å². The van der Waals surface area contributed by atoms with E-state index in [2.05, 4.69) is 4.72 Å². The molecule has 1 fully saturated rings. The van der Waals surface area contributed by atoms with Crippen LogP contribution in [0.4, 0.5) is 18.9 Å². The minimum atomic E-state index is -4.41. The van der Waals surface area contributed by atoms with E-state index < -0.39 is 44.3 Å². The van der Waals surface area contributed by atoms with E-state index in [4.69, 9.17) is 0 Å². The number of carbonyl (C=O) groups excluding carboxylic acids is 1. The standard InChI is InChI=1S/C16H13F3N2O3S/c17-10-1-4-12(5-2-10)21-8-7-14(16(21)22)20-25(23,24)15-9-11(18)3-6-13(15)19/h1-6,9,14,20H,7-8H2/t14-/m0/s1. The van der Waals surface area contributed by atoms with Gasteiger partial charge in [-0.15, -0.1) is 0 Å².